The van der Waals surface area contributed by atoms with Crippen LogP contribution in [0, 0.1) is 5.92 Å². The Bertz CT molecular complexity index is 293. The summed E-state index contributed by atoms with van der Waals surface area (Å²) in [6.45, 7) is 3.25. The highest BCUT2D eigenvalue weighted by molar-refractivity contribution is 5.37. The average molecular weight is 207 g/mol. The number of nitrogens with one attached hydrogen (secondary N) is 2. The summed E-state index contributed by atoms with van der Waals surface area (Å²) < 4.78 is 5.05. The summed E-state index contributed by atoms with van der Waals surface area (Å²) >= 11 is 0. The van der Waals surface area contributed by atoms with E-state index >= 15 is 0 Å². The van der Waals surface area contributed by atoms with Gasteiger partial charge >= 0.3 is 0 Å². The monoisotopic (exact) mass is 207 g/mol. The van der Waals surface area contributed by atoms with Gasteiger partial charge in [0, 0.05) is 6.54 Å². The van der Waals surface area contributed by atoms with E-state index in [4.69, 9.17) is 4.74 Å². The van der Waals surface area contributed by atoms with Gasteiger partial charge in [0.2, 0.25) is 0 Å². The molecule has 0 aromatic carbocycles. The molecule has 1 fully saturated rings. The van der Waals surface area contributed by atoms with E-state index in [-0.39, 0.29) is 0 Å². The van der Waals surface area contributed by atoms with Crippen LogP contribution in [0.3, 0.4) is 0 Å². The molecule has 4 nitrogen and oxygen atoms in total. The smallest absolute Gasteiger partial charge is 0.137 e. The first kappa shape index (κ1) is 10.2. The molecule has 1 aliphatic rings. The lowest BCUT2D eigenvalue weighted by Gasteiger charge is -2.10. The van der Waals surface area contributed by atoms with E-state index in [1.54, 1.807) is 13.3 Å². The summed E-state index contributed by atoms with van der Waals surface area (Å²) in [5.41, 5.74) is 0. The third-order valence-corrected chi connectivity index (χ3v) is 2.71. The van der Waals surface area contributed by atoms with Crippen LogP contribution < -0.4 is 15.4 Å². The molecule has 0 bridgehead atoms. The minimum atomic E-state index is 0.730. The van der Waals surface area contributed by atoms with Gasteiger partial charge in [0.25, 0.3) is 0 Å². The van der Waals surface area contributed by atoms with Crippen LogP contribution in [0.15, 0.2) is 18.3 Å². The van der Waals surface area contributed by atoms with Crippen LogP contribution in [0.4, 0.5) is 5.82 Å². The minimum Gasteiger partial charge on any atom is -0.495 e. The first-order valence-electron chi connectivity index (χ1n) is 5.33. The SMILES string of the molecule is COc1ccc(NCC2CCNC2)nc1. The molecule has 1 unspecified atom stereocenters. The number of nitrogens with zero attached hydrogens (tertiary/aromatic N) is 1. The first-order valence-corrected chi connectivity index (χ1v) is 5.33. The molecule has 0 aliphatic carbocycles. The lowest BCUT2D eigenvalue weighted by molar-refractivity contribution is 0.413. The van der Waals surface area contributed by atoms with Gasteiger partial charge in [-0.25, -0.2) is 4.98 Å². The number of rotatable bonds is 4. The number of pyridine rings is 1. The summed E-state index contributed by atoms with van der Waals surface area (Å²) in [5, 5.41) is 6.68. The Balaban J connectivity index is 1.82. The molecule has 82 valence electrons. The van der Waals surface area contributed by atoms with Crippen LogP contribution in [-0.4, -0.2) is 31.7 Å². The van der Waals surface area contributed by atoms with Crippen LogP contribution in [0.1, 0.15) is 6.42 Å². The second-order valence-corrected chi connectivity index (χ2v) is 3.82. The Labute approximate surface area is 90.0 Å². The highest BCUT2D eigenvalue weighted by Crippen LogP contribution is 2.13. The summed E-state index contributed by atoms with van der Waals surface area (Å²) in [6.07, 6.45) is 2.98. The third-order valence-electron chi connectivity index (χ3n) is 2.71. The molecule has 2 rings (SSSR count). The standard InChI is InChI=1S/C11H17N3O/c1-15-10-2-3-11(14-8-10)13-7-9-4-5-12-6-9/h2-3,8-9,12H,4-7H2,1H3,(H,13,14). The summed E-state index contributed by atoms with van der Waals surface area (Å²) in [4.78, 5) is 4.25. The maximum atomic E-state index is 5.05. The Hall–Kier alpha value is -1.29. The van der Waals surface area contributed by atoms with Gasteiger partial charge < -0.3 is 15.4 Å². The zero-order valence-electron chi connectivity index (χ0n) is 8.99. The maximum absolute atomic E-state index is 5.05. The molecule has 0 amide bonds. The lowest BCUT2D eigenvalue weighted by atomic mass is 10.1. The zero-order valence-corrected chi connectivity index (χ0v) is 8.99. The van der Waals surface area contributed by atoms with E-state index in [0.29, 0.717) is 0 Å². The molecule has 4 heteroatoms. The van der Waals surface area contributed by atoms with Crippen LogP contribution >= 0.6 is 0 Å². The topological polar surface area (TPSA) is 46.2 Å². The number of aromatic nitrogens is 1. The maximum Gasteiger partial charge on any atom is 0.137 e. The molecule has 15 heavy (non-hydrogen) atoms. The molecule has 1 aliphatic heterocycles. The number of hydrogen-bond acceptors (Lipinski definition) is 4. The van der Waals surface area contributed by atoms with Gasteiger partial charge in [0.05, 0.1) is 13.3 Å². The molecule has 0 saturated carbocycles. The van der Waals surface area contributed by atoms with Crippen molar-refractivity contribution in [3.8, 4) is 5.75 Å². The van der Waals surface area contributed by atoms with Crippen LogP contribution in [0.25, 0.3) is 0 Å². The fourth-order valence-corrected chi connectivity index (χ4v) is 1.74. The van der Waals surface area contributed by atoms with Gasteiger partial charge in [-0.05, 0) is 37.6 Å². The average Bonchev–Trinajstić information content (AvgIpc) is 2.80. The van der Waals surface area contributed by atoms with Crippen molar-refractivity contribution in [3.05, 3.63) is 18.3 Å². The van der Waals surface area contributed by atoms with Gasteiger partial charge in [-0.1, -0.05) is 0 Å². The molecule has 1 aromatic heterocycles. The zero-order chi connectivity index (χ0) is 10.5. The molecular weight excluding hydrogens is 190 g/mol. The summed E-state index contributed by atoms with van der Waals surface area (Å²) in [7, 11) is 1.65. The van der Waals surface area contributed by atoms with Crippen molar-refractivity contribution in [2.24, 2.45) is 5.92 Å². The van der Waals surface area contributed by atoms with Crippen LogP contribution in [-0.2, 0) is 0 Å². The van der Waals surface area contributed by atoms with Crippen LogP contribution in [0.2, 0.25) is 0 Å². The van der Waals surface area contributed by atoms with E-state index in [9.17, 15) is 0 Å². The molecule has 1 aromatic rings. The number of anilines is 1. The van der Waals surface area contributed by atoms with E-state index < -0.39 is 0 Å². The molecule has 0 radical (unpaired) electrons. The van der Waals surface area contributed by atoms with E-state index in [2.05, 4.69) is 15.6 Å². The van der Waals surface area contributed by atoms with Crippen molar-refractivity contribution < 1.29 is 4.74 Å². The Morgan fingerprint density at radius 3 is 3.13 bits per heavy atom. The molecule has 1 saturated heterocycles. The largest absolute Gasteiger partial charge is 0.495 e. The van der Waals surface area contributed by atoms with E-state index in [1.807, 2.05) is 12.1 Å². The van der Waals surface area contributed by atoms with E-state index in [0.717, 1.165) is 37.1 Å². The molecule has 2 heterocycles. The highest BCUT2D eigenvalue weighted by Gasteiger charge is 2.13. The van der Waals surface area contributed by atoms with Crippen molar-refractivity contribution >= 4 is 5.82 Å². The third kappa shape index (κ3) is 2.83. The molecule has 1 atom stereocenters. The predicted octanol–water partition coefficient (Wildman–Crippen LogP) is 1.11. The highest BCUT2D eigenvalue weighted by atomic mass is 16.5. The van der Waals surface area contributed by atoms with Gasteiger partial charge in [-0.2, -0.15) is 0 Å². The van der Waals surface area contributed by atoms with Crippen molar-refractivity contribution in [1.29, 1.82) is 0 Å². The van der Waals surface area contributed by atoms with Gasteiger partial charge in [-0.15, -0.1) is 0 Å². The van der Waals surface area contributed by atoms with Gasteiger partial charge in [0.15, 0.2) is 0 Å². The molecule has 0 spiro atoms. The van der Waals surface area contributed by atoms with Crippen molar-refractivity contribution in [1.82, 2.24) is 10.3 Å². The number of methoxy groups -OCH3 is 1. The normalized spacial score (nSPS) is 20.2. The second-order valence-electron chi connectivity index (χ2n) is 3.82. The first-order chi connectivity index (χ1) is 7.38. The quantitative estimate of drug-likeness (QED) is 0.776. The van der Waals surface area contributed by atoms with Gasteiger partial charge in [0.1, 0.15) is 11.6 Å². The lowest BCUT2D eigenvalue weighted by Crippen LogP contribution is -2.17. The minimum absolute atomic E-state index is 0.730. The van der Waals surface area contributed by atoms with Crippen LogP contribution in [0.5, 0.6) is 5.75 Å². The molecular formula is C11H17N3O. The van der Waals surface area contributed by atoms with Gasteiger partial charge in [-0.3, -0.25) is 0 Å². The number of ether oxygens (including phenoxy) is 1. The second kappa shape index (κ2) is 4.98. The fraction of sp³-hybridized carbons (Fsp3) is 0.545. The van der Waals surface area contributed by atoms with Crippen molar-refractivity contribution in [2.75, 3.05) is 32.1 Å². The van der Waals surface area contributed by atoms with E-state index in [1.165, 1.54) is 6.42 Å². The number of hydrogen-bond donors (Lipinski definition) is 2. The van der Waals surface area contributed by atoms with Crippen molar-refractivity contribution in [3.63, 3.8) is 0 Å². The Kier molecular flexibility index (Phi) is 3.40. The predicted molar refractivity (Wildman–Crippen MR) is 60.3 cm³/mol. The molecule has 2 N–H and O–H groups in total. The fourth-order valence-electron chi connectivity index (χ4n) is 1.74. The Morgan fingerprint density at radius 2 is 2.53 bits per heavy atom. The Morgan fingerprint density at radius 1 is 1.60 bits per heavy atom. The summed E-state index contributed by atoms with van der Waals surface area (Å²) in [5.74, 6) is 2.44. The summed E-state index contributed by atoms with van der Waals surface area (Å²) in [6, 6.07) is 3.86. The van der Waals surface area contributed by atoms with Crippen molar-refractivity contribution in [2.45, 2.75) is 6.42 Å².